The number of benzene rings is 1. The third kappa shape index (κ3) is 4.39. The molecule has 0 aliphatic carbocycles. The van der Waals surface area contributed by atoms with Gasteiger partial charge in [-0.2, -0.15) is 0 Å². The van der Waals surface area contributed by atoms with Crippen LogP contribution in [0.4, 0.5) is 10.1 Å². The van der Waals surface area contributed by atoms with E-state index in [0.717, 1.165) is 19.4 Å². The minimum absolute atomic E-state index is 0.199. The average Bonchev–Trinajstić information content (AvgIpc) is 2.41. The molecule has 1 aromatic carbocycles. The van der Waals surface area contributed by atoms with Gasteiger partial charge in [-0.05, 0) is 46.8 Å². The summed E-state index contributed by atoms with van der Waals surface area (Å²) in [5.74, 6) is 0.173. The van der Waals surface area contributed by atoms with E-state index in [-0.39, 0.29) is 10.8 Å². The molecule has 0 amide bonds. The monoisotopic (exact) mass is 374 g/mol. The highest BCUT2D eigenvalue weighted by atomic mass is 79.9. The standard InChI is InChI=1S/C16H24BrFN2S/c1-5-11(6-2)20(9-10(3)4)13-8-7-12(16(19)21)14(17)15(13)18/h7-8,10-11H,5-6,9H2,1-4H3,(H2,19,21). The highest BCUT2D eigenvalue weighted by molar-refractivity contribution is 9.10. The van der Waals surface area contributed by atoms with Crippen LogP contribution in [0.1, 0.15) is 46.1 Å². The Morgan fingerprint density at radius 1 is 1.33 bits per heavy atom. The molecule has 0 saturated carbocycles. The van der Waals surface area contributed by atoms with Gasteiger partial charge in [0.25, 0.3) is 0 Å². The Hall–Kier alpha value is -0.680. The van der Waals surface area contributed by atoms with Crippen molar-refractivity contribution in [2.45, 2.75) is 46.6 Å². The molecule has 5 heteroatoms. The normalized spacial score (nSPS) is 11.2. The van der Waals surface area contributed by atoms with E-state index in [0.29, 0.717) is 27.7 Å². The van der Waals surface area contributed by atoms with Crippen molar-refractivity contribution in [2.75, 3.05) is 11.4 Å². The zero-order valence-corrected chi connectivity index (χ0v) is 15.5. The quantitative estimate of drug-likeness (QED) is 0.690. The van der Waals surface area contributed by atoms with E-state index in [9.17, 15) is 4.39 Å². The lowest BCUT2D eigenvalue weighted by molar-refractivity contribution is 0.495. The van der Waals surface area contributed by atoms with Crippen LogP contribution in [0.15, 0.2) is 16.6 Å². The molecule has 0 heterocycles. The number of thiocarbonyl (C=S) groups is 1. The predicted molar refractivity (Wildman–Crippen MR) is 96.5 cm³/mol. The number of anilines is 1. The summed E-state index contributed by atoms with van der Waals surface area (Å²) >= 11 is 8.24. The molecule has 0 aliphatic heterocycles. The average molecular weight is 375 g/mol. The zero-order valence-electron chi connectivity index (χ0n) is 13.1. The first-order chi connectivity index (χ1) is 9.83. The first-order valence-corrected chi connectivity index (χ1v) is 8.57. The second kappa shape index (κ2) is 8.08. The van der Waals surface area contributed by atoms with Crippen molar-refractivity contribution < 1.29 is 4.39 Å². The molecule has 2 nitrogen and oxygen atoms in total. The third-order valence-electron chi connectivity index (χ3n) is 3.58. The van der Waals surface area contributed by atoms with Crippen LogP contribution in [0.3, 0.4) is 0 Å². The van der Waals surface area contributed by atoms with Crippen molar-refractivity contribution in [3.63, 3.8) is 0 Å². The fourth-order valence-electron chi connectivity index (χ4n) is 2.52. The number of nitrogens with two attached hydrogens (primary N) is 1. The largest absolute Gasteiger partial charge is 0.389 e. The molecule has 0 unspecified atom stereocenters. The fraction of sp³-hybridized carbons (Fsp3) is 0.562. The Kier molecular flexibility index (Phi) is 7.07. The van der Waals surface area contributed by atoms with E-state index < -0.39 is 0 Å². The first-order valence-electron chi connectivity index (χ1n) is 7.37. The molecule has 0 radical (unpaired) electrons. The summed E-state index contributed by atoms with van der Waals surface area (Å²) in [7, 11) is 0. The summed E-state index contributed by atoms with van der Waals surface area (Å²) < 4.78 is 15.1. The fourth-order valence-corrected chi connectivity index (χ4v) is 3.37. The van der Waals surface area contributed by atoms with Gasteiger partial charge < -0.3 is 10.6 Å². The predicted octanol–water partition coefficient (Wildman–Crippen LogP) is 4.87. The van der Waals surface area contributed by atoms with E-state index in [4.69, 9.17) is 18.0 Å². The van der Waals surface area contributed by atoms with Crippen molar-refractivity contribution >= 4 is 38.8 Å². The summed E-state index contributed by atoms with van der Waals surface area (Å²) in [4.78, 5) is 2.36. The van der Waals surface area contributed by atoms with Gasteiger partial charge in [0.05, 0.1) is 10.2 Å². The molecule has 0 spiro atoms. The molecule has 118 valence electrons. The van der Waals surface area contributed by atoms with Gasteiger partial charge in [-0.1, -0.05) is 39.9 Å². The second-order valence-corrected chi connectivity index (χ2v) is 6.87. The van der Waals surface area contributed by atoms with Crippen LogP contribution in [0, 0.1) is 11.7 Å². The molecule has 0 aromatic heterocycles. The SMILES string of the molecule is CCC(CC)N(CC(C)C)c1ccc(C(N)=S)c(Br)c1F. The van der Waals surface area contributed by atoms with Crippen LogP contribution < -0.4 is 10.6 Å². The maximum absolute atomic E-state index is 14.8. The van der Waals surface area contributed by atoms with Crippen molar-refractivity contribution in [1.29, 1.82) is 0 Å². The van der Waals surface area contributed by atoms with Crippen molar-refractivity contribution in [2.24, 2.45) is 11.7 Å². The molecule has 0 saturated heterocycles. The lowest BCUT2D eigenvalue weighted by atomic mass is 10.0. The molecule has 0 aliphatic rings. The summed E-state index contributed by atoms with van der Waals surface area (Å²) in [6.45, 7) is 9.38. The first kappa shape index (κ1) is 18.4. The molecule has 0 fully saturated rings. The topological polar surface area (TPSA) is 29.3 Å². The summed E-state index contributed by atoms with van der Waals surface area (Å²) in [6, 6.07) is 3.90. The lowest BCUT2D eigenvalue weighted by Crippen LogP contribution is -2.38. The Bertz CT molecular complexity index is 501. The van der Waals surface area contributed by atoms with Crippen molar-refractivity contribution in [1.82, 2.24) is 0 Å². The van der Waals surface area contributed by atoms with Crippen LogP contribution in [0.25, 0.3) is 0 Å². The Morgan fingerprint density at radius 2 is 1.90 bits per heavy atom. The highest BCUT2D eigenvalue weighted by Gasteiger charge is 2.22. The summed E-state index contributed by atoms with van der Waals surface area (Å²) in [5.41, 5.74) is 6.78. The van der Waals surface area contributed by atoms with Gasteiger partial charge in [0.1, 0.15) is 4.99 Å². The van der Waals surface area contributed by atoms with Crippen LogP contribution in [-0.4, -0.2) is 17.6 Å². The lowest BCUT2D eigenvalue weighted by Gasteiger charge is -2.34. The number of nitrogens with zero attached hydrogens (tertiary/aromatic N) is 1. The zero-order chi connectivity index (χ0) is 16.2. The van der Waals surface area contributed by atoms with E-state index in [2.05, 4.69) is 48.5 Å². The van der Waals surface area contributed by atoms with Gasteiger partial charge >= 0.3 is 0 Å². The molecule has 0 atom stereocenters. The Balaban J connectivity index is 3.31. The van der Waals surface area contributed by atoms with Gasteiger partial charge in [0.15, 0.2) is 5.82 Å². The van der Waals surface area contributed by atoms with Gasteiger partial charge in [-0.3, -0.25) is 0 Å². The van der Waals surface area contributed by atoms with Crippen LogP contribution >= 0.6 is 28.1 Å². The van der Waals surface area contributed by atoms with Gasteiger partial charge in [-0.25, -0.2) is 4.39 Å². The third-order valence-corrected chi connectivity index (χ3v) is 4.58. The van der Waals surface area contributed by atoms with Crippen LogP contribution in [0.5, 0.6) is 0 Å². The van der Waals surface area contributed by atoms with Crippen LogP contribution in [0.2, 0.25) is 0 Å². The van der Waals surface area contributed by atoms with E-state index in [1.165, 1.54) is 0 Å². The number of halogens is 2. The number of hydrogen-bond acceptors (Lipinski definition) is 2. The van der Waals surface area contributed by atoms with Gasteiger partial charge in [-0.15, -0.1) is 0 Å². The molecular weight excluding hydrogens is 351 g/mol. The smallest absolute Gasteiger partial charge is 0.161 e. The molecule has 1 rings (SSSR count). The minimum Gasteiger partial charge on any atom is -0.389 e. The minimum atomic E-state index is -0.284. The molecular formula is C16H24BrFN2S. The maximum Gasteiger partial charge on any atom is 0.161 e. The van der Waals surface area contributed by atoms with Gasteiger partial charge in [0, 0.05) is 18.2 Å². The van der Waals surface area contributed by atoms with Crippen molar-refractivity contribution in [3.05, 3.63) is 28.0 Å². The van der Waals surface area contributed by atoms with E-state index in [1.54, 1.807) is 12.1 Å². The summed E-state index contributed by atoms with van der Waals surface area (Å²) in [5, 5.41) is 0. The highest BCUT2D eigenvalue weighted by Crippen LogP contribution is 2.32. The maximum atomic E-state index is 14.8. The van der Waals surface area contributed by atoms with E-state index in [1.807, 2.05) is 0 Å². The number of rotatable bonds is 7. The van der Waals surface area contributed by atoms with E-state index >= 15 is 0 Å². The Labute approximate surface area is 141 Å². The second-order valence-electron chi connectivity index (χ2n) is 5.64. The Morgan fingerprint density at radius 3 is 2.33 bits per heavy atom. The van der Waals surface area contributed by atoms with Crippen LogP contribution in [-0.2, 0) is 0 Å². The number of hydrogen-bond donors (Lipinski definition) is 1. The molecule has 0 bridgehead atoms. The summed E-state index contributed by atoms with van der Waals surface area (Å²) in [6.07, 6.45) is 1.97. The van der Waals surface area contributed by atoms with Crippen molar-refractivity contribution in [3.8, 4) is 0 Å². The molecule has 1 aromatic rings. The molecule has 2 N–H and O–H groups in total. The molecule has 21 heavy (non-hydrogen) atoms. The van der Waals surface area contributed by atoms with Gasteiger partial charge in [0.2, 0.25) is 0 Å².